The Bertz CT molecular complexity index is 480. The van der Waals surface area contributed by atoms with Crippen LogP contribution in [0.3, 0.4) is 0 Å². The number of ether oxygens (including phenoxy) is 1. The number of hydrogen-bond donors (Lipinski definition) is 1. The maximum Gasteiger partial charge on any atom is 0.131 e. The third-order valence-electron chi connectivity index (χ3n) is 2.55. The van der Waals surface area contributed by atoms with E-state index in [0.29, 0.717) is 0 Å². The molecule has 0 amide bonds. The van der Waals surface area contributed by atoms with Gasteiger partial charge in [-0.15, -0.1) is 0 Å². The van der Waals surface area contributed by atoms with Crippen LogP contribution in [0.25, 0.3) is 0 Å². The van der Waals surface area contributed by atoms with E-state index in [-0.39, 0.29) is 0 Å². The summed E-state index contributed by atoms with van der Waals surface area (Å²) < 4.78 is 5.88. The van der Waals surface area contributed by atoms with Gasteiger partial charge in [0.15, 0.2) is 0 Å². The van der Waals surface area contributed by atoms with Gasteiger partial charge in [0.05, 0.1) is 0 Å². The van der Waals surface area contributed by atoms with Gasteiger partial charge in [-0.3, -0.25) is 0 Å². The highest BCUT2D eigenvalue weighted by Gasteiger charge is 2.04. The highest BCUT2D eigenvalue weighted by molar-refractivity contribution is 5.40. The zero-order valence-corrected chi connectivity index (χ0v) is 10.2. The Hall–Kier alpha value is -1.80. The summed E-state index contributed by atoms with van der Waals surface area (Å²) in [5.41, 5.74) is 2.42. The highest BCUT2D eigenvalue weighted by atomic mass is 16.5. The standard InChI is InChI=1S/C15H17NO/c1-12-8-9-15(13(10-12)11-16-2)17-14-6-4-3-5-7-14/h3-10,16H,11H2,1-2H3. The average molecular weight is 227 g/mol. The van der Waals surface area contributed by atoms with Gasteiger partial charge in [-0.2, -0.15) is 0 Å². The molecule has 88 valence electrons. The van der Waals surface area contributed by atoms with Crippen LogP contribution in [0.1, 0.15) is 11.1 Å². The molecule has 2 nitrogen and oxygen atoms in total. The van der Waals surface area contributed by atoms with Gasteiger partial charge in [-0.05, 0) is 32.2 Å². The quantitative estimate of drug-likeness (QED) is 0.863. The summed E-state index contributed by atoms with van der Waals surface area (Å²) in [6.45, 7) is 2.90. The minimum absolute atomic E-state index is 0.809. The number of hydrogen-bond acceptors (Lipinski definition) is 2. The molecule has 0 aliphatic heterocycles. The van der Waals surface area contributed by atoms with Gasteiger partial charge in [-0.1, -0.05) is 35.9 Å². The monoisotopic (exact) mass is 227 g/mol. The van der Waals surface area contributed by atoms with Crippen LogP contribution in [0.4, 0.5) is 0 Å². The lowest BCUT2D eigenvalue weighted by atomic mass is 10.1. The molecule has 0 atom stereocenters. The molecule has 0 heterocycles. The minimum atomic E-state index is 0.809. The van der Waals surface area contributed by atoms with E-state index >= 15 is 0 Å². The van der Waals surface area contributed by atoms with Crippen LogP contribution in [0, 0.1) is 6.92 Å². The summed E-state index contributed by atoms with van der Waals surface area (Å²) in [6, 6.07) is 16.1. The lowest BCUT2D eigenvalue weighted by Gasteiger charge is -2.11. The summed E-state index contributed by atoms with van der Waals surface area (Å²) in [5.74, 6) is 1.78. The van der Waals surface area contributed by atoms with Crippen molar-refractivity contribution in [3.05, 3.63) is 59.7 Å². The summed E-state index contributed by atoms with van der Waals surface area (Å²) in [6.07, 6.45) is 0. The van der Waals surface area contributed by atoms with Crippen LogP contribution in [-0.2, 0) is 6.54 Å². The summed E-state index contributed by atoms with van der Waals surface area (Å²) in [7, 11) is 1.94. The Labute approximate surface area is 102 Å². The molecule has 0 aliphatic rings. The van der Waals surface area contributed by atoms with E-state index in [1.807, 2.05) is 43.4 Å². The Morgan fingerprint density at radius 3 is 2.53 bits per heavy atom. The third kappa shape index (κ3) is 3.08. The Balaban J connectivity index is 2.26. The largest absolute Gasteiger partial charge is 0.457 e. The topological polar surface area (TPSA) is 21.3 Å². The number of aryl methyl sites for hydroxylation is 1. The van der Waals surface area contributed by atoms with Crippen LogP contribution < -0.4 is 10.1 Å². The number of para-hydroxylation sites is 1. The highest BCUT2D eigenvalue weighted by Crippen LogP contribution is 2.25. The molecule has 2 aromatic carbocycles. The SMILES string of the molecule is CNCc1cc(C)ccc1Oc1ccccc1. The molecule has 17 heavy (non-hydrogen) atoms. The normalized spacial score (nSPS) is 10.2. The molecular weight excluding hydrogens is 210 g/mol. The van der Waals surface area contributed by atoms with Crippen molar-refractivity contribution in [1.29, 1.82) is 0 Å². The molecule has 0 spiro atoms. The van der Waals surface area contributed by atoms with Gasteiger partial charge in [0.1, 0.15) is 11.5 Å². The van der Waals surface area contributed by atoms with E-state index in [0.717, 1.165) is 18.0 Å². The van der Waals surface area contributed by atoms with Crippen molar-refractivity contribution in [3.8, 4) is 11.5 Å². The lowest BCUT2D eigenvalue weighted by Crippen LogP contribution is -2.06. The van der Waals surface area contributed by atoms with Crippen LogP contribution in [-0.4, -0.2) is 7.05 Å². The number of rotatable bonds is 4. The van der Waals surface area contributed by atoms with Crippen LogP contribution >= 0.6 is 0 Å². The Morgan fingerprint density at radius 2 is 1.82 bits per heavy atom. The molecule has 0 radical (unpaired) electrons. The van der Waals surface area contributed by atoms with Crippen molar-refractivity contribution >= 4 is 0 Å². The molecule has 2 rings (SSSR count). The van der Waals surface area contributed by atoms with Gasteiger partial charge in [0.2, 0.25) is 0 Å². The fourth-order valence-corrected chi connectivity index (χ4v) is 1.75. The minimum Gasteiger partial charge on any atom is -0.457 e. The van der Waals surface area contributed by atoms with Gasteiger partial charge in [0.25, 0.3) is 0 Å². The second-order valence-corrected chi connectivity index (χ2v) is 4.06. The Morgan fingerprint density at radius 1 is 1.06 bits per heavy atom. The number of nitrogens with one attached hydrogen (secondary N) is 1. The van der Waals surface area contributed by atoms with E-state index in [9.17, 15) is 0 Å². The van der Waals surface area contributed by atoms with E-state index < -0.39 is 0 Å². The summed E-state index contributed by atoms with van der Waals surface area (Å²) in [4.78, 5) is 0. The lowest BCUT2D eigenvalue weighted by molar-refractivity contribution is 0.474. The van der Waals surface area contributed by atoms with E-state index in [2.05, 4.69) is 24.4 Å². The zero-order valence-electron chi connectivity index (χ0n) is 10.2. The van der Waals surface area contributed by atoms with Crippen molar-refractivity contribution in [3.63, 3.8) is 0 Å². The Kier molecular flexibility index (Phi) is 3.78. The second kappa shape index (κ2) is 5.51. The van der Waals surface area contributed by atoms with Crippen molar-refractivity contribution in [2.75, 3.05) is 7.05 Å². The van der Waals surface area contributed by atoms with Gasteiger partial charge in [-0.25, -0.2) is 0 Å². The second-order valence-electron chi connectivity index (χ2n) is 4.06. The molecule has 0 saturated heterocycles. The maximum absolute atomic E-state index is 5.88. The zero-order chi connectivity index (χ0) is 12.1. The fourth-order valence-electron chi connectivity index (χ4n) is 1.75. The van der Waals surface area contributed by atoms with Crippen LogP contribution in [0.2, 0.25) is 0 Å². The average Bonchev–Trinajstić information content (AvgIpc) is 2.34. The molecule has 1 N–H and O–H groups in total. The molecule has 0 saturated carbocycles. The third-order valence-corrected chi connectivity index (χ3v) is 2.55. The predicted molar refractivity (Wildman–Crippen MR) is 70.5 cm³/mol. The van der Waals surface area contributed by atoms with E-state index in [1.54, 1.807) is 0 Å². The van der Waals surface area contributed by atoms with Gasteiger partial charge in [0, 0.05) is 12.1 Å². The van der Waals surface area contributed by atoms with Crippen molar-refractivity contribution in [2.24, 2.45) is 0 Å². The first-order valence-electron chi connectivity index (χ1n) is 5.76. The number of benzene rings is 2. The molecular formula is C15H17NO. The van der Waals surface area contributed by atoms with E-state index in [1.165, 1.54) is 11.1 Å². The maximum atomic E-state index is 5.88. The summed E-state index contributed by atoms with van der Waals surface area (Å²) >= 11 is 0. The van der Waals surface area contributed by atoms with Gasteiger partial charge < -0.3 is 10.1 Å². The fraction of sp³-hybridized carbons (Fsp3) is 0.200. The smallest absolute Gasteiger partial charge is 0.131 e. The first-order chi connectivity index (χ1) is 8.29. The molecule has 2 aromatic rings. The molecule has 0 fully saturated rings. The van der Waals surface area contributed by atoms with Crippen LogP contribution in [0.15, 0.2) is 48.5 Å². The van der Waals surface area contributed by atoms with E-state index in [4.69, 9.17) is 4.74 Å². The van der Waals surface area contributed by atoms with Crippen LogP contribution in [0.5, 0.6) is 11.5 Å². The van der Waals surface area contributed by atoms with Crippen molar-refractivity contribution < 1.29 is 4.74 Å². The van der Waals surface area contributed by atoms with Crippen molar-refractivity contribution in [2.45, 2.75) is 13.5 Å². The predicted octanol–water partition coefficient (Wildman–Crippen LogP) is 3.51. The molecule has 0 aliphatic carbocycles. The molecule has 0 unspecified atom stereocenters. The molecule has 0 aromatic heterocycles. The molecule has 2 heteroatoms. The summed E-state index contributed by atoms with van der Waals surface area (Å²) in [5, 5.41) is 3.16. The first-order valence-corrected chi connectivity index (χ1v) is 5.76. The molecule has 0 bridgehead atoms. The van der Waals surface area contributed by atoms with Crippen molar-refractivity contribution in [1.82, 2.24) is 5.32 Å². The van der Waals surface area contributed by atoms with Gasteiger partial charge >= 0.3 is 0 Å². The first kappa shape index (κ1) is 11.7.